The number of benzene rings is 1. The van der Waals surface area contributed by atoms with Crippen molar-refractivity contribution in [2.24, 2.45) is 19.2 Å². The first-order chi connectivity index (χ1) is 12.8. The highest BCUT2D eigenvalue weighted by molar-refractivity contribution is 5.84. The van der Waals surface area contributed by atoms with E-state index in [2.05, 4.69) is 22.1 Å². The first-order valence-corrected chi connectivity index (χ1v) is 7.93. The van der Waals surface area contributed by atoms with Crippen molar-refractivity contribution in [3.63, 3.8) is 0 Å². The topological polar surface area (TPSA) is 127 Å². The molecule has 3 rings (SSSR count). The molecule has 10 nitrogen and oxygen atoms in total. The van der Waals surface area contributed by atoms with E-state index in [1.807, 2.05) is 0 Å². The molecule has 0 fully saturated rings. The monoisotopic (exact) mass is 370 g/mol. The number of aromatic hydroxyl groups is 2. The van der Waals surface area contributed by atoms with Gasteiger partial charge in [0.1, 0.15) is 11.5 Å². The lowest BCUT2D eigenvalue weighted by Gasteiger charge is -2.06. The van der Waals surface area contributed by atoms with Gasteiger partial charge in [-0.2, -0.15) is 10.1 Å². The highest BCUT2D eigenvalue weighted by Crippen LogP contribution is 2.21. The van der Waals surface area contributed by atoms with Crippen LogP contribution in [0, 0.1) is 0 Å². The second kappa shape index (κ2) is 6.83. The molecule has 0 atom stereocenters. The molecule has 0 unspecified atom stereocenters. The number of anilines is 1. The van der Waals surface area contributed by atoms with Gasteiger partial charge in [-0.15, -0.1) is 6.58 Å². The van der Waals surface area contributed by atoms with Crippen molar-refractivity contribution in [2.45, 2.75) is 6.54 Å². The Labute approximate surface area is 152 Å². The Morgan fingerprint density at radius 3 is 2.67 bits per heavy atom. The van der Waals surface area contributed by atoms with E-state index in [1.165, 1.54) is 43.1 Å². The van der Waals surface area contributed by atoms with Gasteiger partial charge >= 0.3 is 5.69 Å². The van der Waals surface area contributed by atoms with Crippen molar-refractivity contribution >= 4 is 23.3 Å². The van der Waals surface area contributed by atoms with E-state index < -0.39 is 11.2 Å². The van der Waals surface area contributed by atoms with Crippen LogP contribution >= 0.6 is 0 Å². The van der Waals surface area contributed by atoms with Crippen LogP contribution in [0.1, 0.15) is 5.56 Å². The zero-order valence-electron chi connectivity index (χ0n) is 14.7. The number of rotatable bonds is 5. The molecule has 0 spiro atoms. The number of hydrazone groups is 1. The van der Waals surface area contributed by atoms with E-state index in [-0.39, 0.29) is 35.2 Å². The fourth-order valence-corrected chi connectivity index (χ4v) is 2.64. The molecule has 0 aliphatic heterocycles. The first-order valence-electron chi connectivity index (χ1n) is 7.93. The van der Waals surface area contributed by atoms with Crippen LogP contribution in [0.5, 0.6) is 11.5 Å². The molecule has 0 aliphatic carbocycles. The molecular formula is C17H18N6O4. The van der Waals surface area contributed by atoms with Gasteiger partial charge in [-0.25, -0.2) is 10.2 Å². The molecule has 0 radical (unpaired) electrons. The van der Waals surface area contributed by atoms with Crippen LogP contribution in [0.25, 0.3) is 11.2 Å². The normalized spacial score (nSPS) is 11.3. The molecule has 3 aromatic rings. The highest BCUT2D eigenvalue weighted by atomic mass is 16.3. The van der Waals surface area contributed by atoms with Gasteiger partial charge in [-0.1, -0.05) is 6.08 Å². The third-order valence-corrected chi connectivity index (χ3v) is 4.04. The van der Waals surface area contributed by atoms with Gasteiger partial charge in [0.2, 0.25) is 5.95 Å². The molecule has 0 saturated heterocycles. The minimum atomic E-state index is -0.486. The molecule has 0 bridgehead atoms. The number of hydrogen-bond acceptors (Lipinski definition) is 7. The van der Waals surface area contributed by atoms with Crippen LogP contribution in [0.4, 0.5) is 5.95 Å². The molecule has 0 saturated carbocycles. The standard InChI is InChI=1S/C17H18N6O4/c1-4-7-23-13-14(21(2)17(27)22(3)15(13)26)19-16(23)20-18-9-10-5-6-11(24)8-12(10)25/h4-6,8-9,24-25H,1,7H2,2-3H3,(H,19,20)/b18-9+. The number of aromatic nitrogens is 4. The first kappa shape index (κ1) is 18.0. The van der Waals surface area contributed by atoms with Crippen molar-refractivity contribution in [3.05, 3.63) is 57.3 Å². The number of nitrogens with one attached hydrogen (secondary N) is 1. The van der Waals surface area contributed by atoms with Gasteiger partial charge in [-0.3, -0.25) is 18.5 Å². The van der Waals surface area contributed by atoms with Crippen LogP contribution in [-0.2, 0) is 20.6 Å². The van der Waals surface area contributed by atoms with Gasteiger partial charge in [-0.05, 0) is 12.1 Å². The lowest BCUT2D eigenvalue weighted by atomic mass is 10.2. The second-order valence-corrected chi connectivity index (χ2v) is 5.83. The molecular weight excluding hydrogens is 352 g/mol. The Kier molecular flexibility index (Phi) is 4.55. The van der Waals surface area contributed by atoms with Gasteiger partial charge in [0, 0.05) is 32.3 Å². The third-order valence-electron chi connectivity index (χ3n) is 4.04. The predicted octanol–water partition coefficient (Wildman–Crippen LogP) is 0.477. The zero-order valence-corrected chi connectivity index (χ0v) is 14.7. The lowest BCUT2D eigenvalue weighted by Crippen LogP contribution is -2.37. The van der Waals surface area contributed by atoms with Gasteiger partial charge in [0.15, 0.2) is 11.2 Å². The Morgan fingerprint density at radius 2 is 2.00 bits per heavy atom. The average molecular weight is 370 g/mol. The largest absolute Gasteiger partial charge is 0.508 e. The molecule has 3 N–H and O–H groups in total. The van der Waals surface area contributed by atoms with Crippen LogP contribution in [0.2, 0.25) is 0 Å². The third kappa shape index (κ3) is 3.08. The summed E-state index contributed by atoms with van der Waals surface area (Å²) in [7, 11) is 2.92. The zero-order chi connectivity index (χ0) is 19.7. The van der Waals surface area contributed by atoms with Crippen LogP contribution in [0.3, 0.4) is 0 Å². The van der Waals surface area contributed by atoms with E-state index in [4.69, 9.17) is 0 Å². The quantitative estimate of drug-likeness (QED) is 0.341. The van der Waals surface area contributed by atoms with Crippen molar-refractivity contribution in [1.29, 1.82) is 0 Å². The minimum absolute atomic E-state index is 0.0675. The molecule has 2 heterocycles. The Balaban J connectivity index is 2.07. The molecule has 27 heavy (non-hydrogen) atoms. The van der Waals surface area contributed by atoms with E-state index >= 15 is 0 Å². The fourth-order valence-electron chi connectivity index (χ4n) is 2.64. The van der Waals surface area contributed by atoms with Gasteiger partial charge in [0.25, 0.3) is 5.56 Å². The molecule has 0 amide bonds. The van der Waals surface area contributed by atoms with E-state index in [9.17, 15) is 19.8 Å². The van der Waals surface area contributed by atoms with E-state index in [1.54, 1.807) is 10.6 Å². The number of phenols is 2. The van der Waals surface area contributed by atoms with Gasteiger partial charge in [0.05, 0.1) is 6.21 Å². The number of hydrogen-bond donors (Lipinski definition) is 3. The maximum atomic E-state index is 12.5. The number of phenolic OH excluding ortho intramolecular Hbond substituents is 2. The summed E-state index contributed by atoms with van der Waals surface area (Å²) < 4.78 is 3.83. The smallest absolute Gasteiger partial charge is 0.332 e. The number of allylic oxidation sites excluding steroid dienone is 1. The summed E-state index contributed by atoms with van der Waals surface area (Å²) in [6, 6.07) is 4.09. The van der Waals surface area contributed by atoms with E-state index in [0.717, 1.165) is 4.57 Å². The minimum Gasteiger partial charge on any atom is -0.508 e. The number of nitrogens with zero attached hydrogens (tertiary/aromatic N) is 5. The summed E-state index contributed by atoms with van der Waals surface area (Å²) in [4.78, 5) is 28.9. The Hall–Kier alpha value is -3.82. The van der Waals surface area contributed by atoms with Gasteiger partial charge < -0.3 is 10.2 Å². The molecule has 2 aromatic heterocycles. The summed E-state index contributed by atoms with van der Waals surface area (Å²) in [5, 5.41) is 23.1. The van der Waals surface area contributed by atoms with Crippen LogP contribution in [-0.4, -0.2) is 35.1 Å². The summed E-state index contributed by atoms with van der Waals surface area (Å²) in [5.41, 5.74) is 2.57. The fraction of sp³-hybridized carbons (Fsp3) is 0.176. The number of imidazole rings is 1. The highest BCUT2D eigenvalue weighted by Gasteiger charge is 2.18. The second-order valence-electron chi connectivity index (χ2n) is 5.83. The van der Waals surface area contributed by atoms with Crippen molar-refractivity contribution in [3.8, 4) is 11.5 Å². The SMILES string of the molecule is C=CCn1c(N/N=C/c2ccc(O)cc2O)nc2c1c(=O)n(C)c(=O)n2C. The molecule has 1 aromatic carbocycles. The lowest BCUT2D eigenvalue weighted by molar-refractivity contribution is 0.450. The Morgan fingerprint density at radius 1 is 1.26 bits per heavy atom. The average Bonchev–Trinajstić information content (AvgIpc) is 2.99. The molecule has 140 valence electrons. The van der Waals surface area contributed by atoms with Crippen molar-refractivity contribution in [1.82, 2.24) is 18.7 Å². The summed E-state index contributed by atoms with van der Waals surface area (Å²) in [6.07, 6.45) is 2.93. The van der Waals surface area contributed by atoms with Crippen LogP contribution in [0.15, 0.2) is 45.5 Å². The number of aryl methyl sites for hydroxylation is 1. The maximum absolute atomic E-state index is 12.5. The van der Waals surface area contributed by atoms with Crippen molar-refractivity contribution < 1.29 is 10.2 Å². The summed E-state index contributed by atoms with van der Waals surface area (Å²) >= 11 is 0. The number of fused-ring (bicyclic) bond motifs is 1. The molecule has 10 heteroatoms. The Bertz CT molecular complexity index is 1180. The summed E-state index contributed by atoms with van der Waals surface area (Å²) in [6.45, 7) is 3.94. The van der Waals surface area contributed by atoms with E-state index in [0.29, 0.717) is 5.56 Å². The molecule has 0 aliphatic rings. The summed E-state index contributed by atoms with van der Waals surface area (Å²) in [5.74, 6) is 0.0243. The predicted molar refractivity (Wildman–Crippen MR) is 101 cm³/mol. The maximum Gasteiger partial charge on any atom is 0.332 e. The van der Waals surface area contributed by atoms with Crippen LogP contribution < -0.4 is 16.7 Å². The van der Waals surface area contributed by atoms with Crippen molar-refractivity contribution in [2.75, 3.05) is 5.43 Å².